The van der Waals surface area contributed by atoms with Gasteiger partial charge in [-0.3, -0.25) is 43.2 Å². The molecule has 0 radical (unpaired) electrons. The molecule has 0 fully saturated rings. The lowest BCUT2D eigenvalue weighted by Gasteiger charge is -2.20. The predicted octanol–water partition coefficient (Wildman–Crippen LogP) is -5.17. The van der Waals surface area contributed by atoms with E-state index in [-0.39, 0.29) is 25.0 Å². The zero-order chi connectivity index (χ0) is 65.1. The molecule has 0 saturated carbocycles. The third kappa shape index (κ3) is 32.7. The Labute approximate surface area is 483 Å². The summed E-state index contributed by atoms with van der Waals surface area (Å²) in [6, 6.07) is -14.3. The second-order valence-corrected chi connectivity index (χ2v) is 18.7. The molecule has 9 atom stereocenters. The number of carbonyl (C=O) groups excluding carboxylic acids is 12. The number of hydrogen-bond donors (Lipinski definition) is 15. The van der Waals surface area contributed by atoms with E-state index in [1.165, 1.54) is 6.92 Å². The van der Waals surface area contributed by atoms with E-state index < -0.39 is 252 Å². The summed E-state index contributed by atoms with van der Waals surface area (Å²) in [4.78, 5) is 220. The van der Waals surface area contributed by atoms with E-state index in [0.29, 0.717) is 0 Å². The van der Waals surface area contributed by atoms with Crippen LogP contribution in [0.2, 0.25) is 0 Å². The molecular formula is C49H73N9O27. The number of hydrogen-bond acceptors (Lipinski definition) is 22. The first-order valence-electron chi connectivity index (χ1n) is 26.0. The normalized spacial score (nSPS) is 13.8. The molecule has 0 spiro atoms. The highest BCUT2D eigenvalue weighted by Crippen LogP contribution is 2.11. The molecule has 16 N–H and O–H groups in total. The van der Waals surface area contributed by atoms with Crippen LogP contribution in [0, 0.1) is 0 Å². The molecule has 0 aliphatic rings. The second kappa shape index (κ2) is 39.9. The van der Waals surface area contributed by atoms with Crippen LogP contribution in [0.15, 0.2) is 0 Å². The monoisotopic (exact) mass is 1220 g/mol. The van der Waals surface area contributed by atoms with Crippen LogP contribution in [0.4, 0.5) is 0 Å². The fraction of sp³-hybridized carbons (Fsp3) is 0.633. The van der Waals surface area contributed by atoms with Crippen LogP contribution in [0.3, 0.4) is 0 Å². The molecule has 36 heteroatoms. The van der Waals surface area contributed by atoms with Crippen LogP contribution >= 0.6 is 0 Å². The molecule has 85 heavy (non-hydrogen) atoms. The van der Waals surface area contributed by atoms with Crippen molar-refractivity contribution in [1.82, 2.24) is 42.5 Å². The van der Waals surface area contributed by atoms with Gasteiger partial charge in [0, 0.05) is 57.8 Å². The Balaban J connectivity index is 5.36. The number of amides is 8. The van der Waals surface area contributed by atoms with Gasteiger partial charge in [-0.05, 0) is 64.7 Å². The summed E-state index contributed by atoms with van der Waals surface area (Å²) in [5, 5.41) is 74.4. The number of nitrogens with two attached hydrogens (primary N) is 1. The Hall–Kier alpha value is -9.38. The summed E-state index contributed by atoms with van der Waals surface area (Å²) in [6.45, 7) is 1.26. The molecule has 0 aliphatic carbocycles. The van der Waals surface area contributed by atoms with Crippen LogP contribution < -0.4 is 48.3 Å². The van der Waals surface area contributed by atoms with Gasteiger partial charge in [0.25, 0.3) is 0 Å². The van der Waals surface area contributed by atoms with Crippen molar-refractivity contribution in [3.8, 4) is 0 Å². The van der Waals surface area contributed by atoms with E-state index in [4.69, 9.17) is 10.8 Å². The summed E-state index contributed by atoms with van der Waals surface area (Å²) in [6.07, 6.45) is -9.24. The average Bonchev–Trinajstić information content (AvgIpc) is 3.50. The van der Waals surface area contributed by atoms with E-state index in [0.717, 1.165) is 21.3 Å². The highest BCUT2D eigenvalue weighted by molar-refractivity contribution is 5.91. The lowest BCUT2D eigenvalue weighted by Crippen LogP contribution is -2.46. The minimum Gasteiger partial charge on any atom is -0.480 e. The van der Waals surface area contributed by atoms with Gasteiger partial charge in [-0.15, -0.1) is 0 Å². The van der Waals surface area contributed by atoms with Gasteiger partial charge in [0.15, 0.2) is 0 Å². The second-order valence-electron chi connectivity index (χ2n) is 18.7. The summed E-state index contributed by atoms with van der Waals surface area (Å²) in [7, 11) is 2.91. The number of nitrogens with one attached hydrogen (secondary N) is 8. The molecule has 0 heterocycles. The van der Waals surface area contributed by atoms with Gasteiger partial charge in [0.2, 0.25) is 47.3 Å². The van der Waals surface area contributed by atoms with Crippen molar-refractivity contribution in [2.24, 2.45) is 5.73 Å². The first-order valence-corrected chi connectivity index (χ1v) is 26.0. The molecule has 0 aromatic rings. The Kier molecular flexibility index (Phi) is 35.5. The number of Topliss-reactive ketones (excluding diaryl/α,β-unsaturated/α-hetero) is 1. The maximum Gasteiger partial charge on any atom is 0.328 e. The number of aliphatic carboxylic acids is 6. The quantitative estimate of drug-likeness (QED) is 0.0200. The van der Waals surface area contributed by atoms with Crippen molar-refractivity contribution in [1.29, 1.82) is 0 Å². The number of esters is 3. The highest BCUT2D eigenvalue weighted by Gasteiger charge is 2.31. The number of ketones is 1. The summed E-state index contributed by atoms with van der Waals surface area (Å²) in [5.74, 6) is -20.5. The smallest absolute Gasteiger partial charge is 0.328 e. The molecule has 36 nitrogen and oxygen atoms in total. The van der Waals surface area contributed by atoms with Crippen LogP contribution in [0.25, 0.3) is 0 Å². The molecule has 0 aromatic carbocycles. The van der Waals surface area contributed by atoms with E-state index >= 15 is 0 Å². The molecule has 0 aromatic heterocycles. The maximum atomic E-state index is 12.9. The van der Waals surface area contributed by atoms with Gasteiger partial charge >= 0.3 is 53.7 Å². The Bertz CT molecular complexity index is 2450. The summed E-state index contributed by atoms with van der Waals surface area (Å²) < 4.78 is 13.9. The van der Waals surface area contributed by atoms with E-state index in [2.05, 4.69) is 56.7 Å². The first kappa shape index (κ1) is 75.6. The van der Waals surface area contributed by atoms with Crippen molar-refractivity contribution in [3.05, 3.63) is 0 Å². The predicted molar refractivity (Wildman–Crippen MR) is 279 cm³/mol. The van der Waals surface area contributed by atoms with E-state index in [9.17, 15) is 112 Å². The minimum absolute atomic E-state index is 0.0747. The van der Waals surface area contributed by atoms with E-state index in [1.54, 1.807) is 0 Å². The molecule has 0 saturated heterocycles. The van der Waals surface area contributed by atoms with Gasteiger partial charge in [-0.1, -0.05) is 0 Å². The molecule has 0 bridgehead atoms. The standard InChI is InChI=1S/C49H73N9O27/c1-23(59)5-7-30(47(80)83-2)56-38(65)18-11-28(45(76)77)52-34(61)16-8-26(43(72)73)54-37(64)22-14-32(49(82)85-4)58-40(67)20-12-29(46(78)79)53-35(62)17-9-27(44(74)75)55-36(63)21-13-31(48(81)84-3)57-39(66)19-10-25(42(70)71)51-33(60)15-6-24(50)41(68)69/h24-32H,5-22,50H2,1-4H3,(H,51,60)(H,52,61)(H,53,62)(H,54,64)(H,55,63)(H,56,65)(H,57,66)(H,58,67)(H,68,69)(H,70,71)(H,72,73)(H,74,75)(H,76,77)(H,78,79). The Morgan fingerprint density at radius 2 is 0.447 bits per heavy atom. The molecule has 9 unspecified atom stereocenters. The Morgan fingerprint density at radius 1 is 0.282 bits per heavy atom. The van der Waals surface area contributed by atoms with Gasteiger partial charge in [-0.2, -0.15) is 0 Å². The lowest BCUT2D eigenvalue weighted by molar-refractivity contribution is -0.146. The third-order valence-electron chi connectivity index (χ3n) is 12.0. The largest absolute Gasteiger partial charge is 0.480 e. The number of methoxy groups -OCH3 is 3. The van der Waals surface area contributed by atoms with Gasteiger partial charge < -0.3 is 97.9 Å². The summed E-state index contributed by atoms with van der Waals surface area (Å²) >= 11 is 0. The van der Waals surface area contributed by atoms with Crippen molar-refractivity contribution in [3.63, 3.8) is 0 Å². The van der Waals surface area contributed by atoms with Crippen molar-refractivity contribution < 1.29 is 131 Å². The first-order chi connectivity index (χ1) is 39.7. The number of carbonyl (C=O) groups is 18. The molecule has 8 amide bonds. The van der Waals surface area contributed by atoms with Crippen LogP contribution in [-0.2, 0) is 101 Å². The molecule has 476 valence electrons. The number of carboxylic acids is 6. The van der Waals surface area contributed by atoms with Crippen molar-refractivity contribution in [2.45, 2.75) is 177 Å². The molecular weight excluding hydrogens is 1150 g/mol. The number of rotatable bonds is 44. The van der Waals surface area contributed by atoms with Crippen LogP contribution in [-0.4, -0.2) is 213 Å². The molecule has 0 aliphatic heterocycles. The van der Waals surface area contributed by atoms with E-state index in [1.807, 2.05) is 0 Å². The minimum atomic E-state index is -1.79. The fourth-order valence-electron chi connectivity index (χ4n) is 7.28. The zero-order valence-electron chi connectivity index (χ0n) is 46.8. The number of carboxylic acid groups (broad SMARTS) is 6. The lowest BCUT2D eigenvalue weighted by atomic mass is 10.1. The Morgan fingerprint density at radius 3 is 0.612 bits per heavy atom. The summed E-state index contributed by atoms with van der Waals surface area (Å²) in [5.41, 5.74) is 5.33. The zero-order valence-corrected chi connectivity index (χ0v) is 46.8. The average molecular weight is 1220 g/mol. The van der Waals surface area contributed by atoms with Gasteiger partial charge in [0.1, 0.15) is 60.2 Å². The van der Waals surface area contributed by atoms with Gasteiger partial charge in [-0.25, -0.2) is 38.4 Å². The fourth-order valence-corrected chi connectivity index (χ4v) is 7.28. The topological polar surface area (TPSA) is 579 Å². The van der Waals surface area contributed by atoms with Crippen molar-refractivity contribution >= 4 is 107 Å². The van der Waals surface area contributed by atoms with Crippen LogP contribution in [0.1, 0.15) is 122 Å². The van der Waals surface area contributed by atoms with Crippen LogP contribution in [0.5, 0.6) is 0 Å². The SMILES string of the molecule is COC(=O)C(CCC(C)=O)NC(=O)CCC(NC(=O)CCC(NC(=O)CCC(NC(=O)CCC(NC(=O)CCC(NC(=O)CCC(NC(=O)CCC(NC(=O)CCC(N)C(=O)O)C(=O)O)C(=O)OC)C(=O)O)C(=O)O)C(=O)OC)C(=O)O)C(=O)O. The maximum absolute atomic E-state index is 12.9. The highest BCUT2D eigenvalue weighted by atomic mass is 16.5. The van der Waals surface area contributed by atoms with Gasteiger partial charge in [0.05, 0.1) is 21.3 Å². The van der Waals surface area contributed by atoms with Crippen molar-refractivity contribution in [2.75, 3.05) is 21.3 Å². The molecule has 0 rings (SSSR count). The number of ether oxygens (including phenoxy) is 3. The third-order valence-corrected chi connectivity index (χ3v) is 12.0.